The monoisotopic (exact) mass is 1760 g/mol. The van der Waals surface area contributed by atoms with E-state index in [9.17, 15) is 122 Å². The number of Topliss-reactive ketones (excluding diaryl/α,β-unsaturated/α-hetero) is 9. The second-order valence-corrected chi connectivity index (χ2v) is 34.4. The summed E-state index contributed by atoms with van der Waals surface area (Å²) in [6, 6.07) is 27.4. The Morgan fingerprint density at radius 3 is 0.609 bits per heavy atom. The molecule has 0 spiro atoms. The van der Waals surface area contributed by atoms with Crippen molar-refractivity contribution in [2.75, 3.05) is 42.7 Å². The summed E-state index contributed by atoms with van der Waals surface area (Å²) in [6.45, 7) is 6.90. The van der Waals surface area contributed by atoms with Crippen molar-refractivity contribution >= 4 is 106 Å². The van der Waals surface area contributed by atoms with Gasteiger partial charge in [-0.15, -0.1) is 0 Å². The molecule has 0 aromatic heterocycles. The minimum atomic E-state index is -1.19. The van der Waals surface area contributed by atoms with E-state index >= 15 is 0 Å². The minimum absolute atomic E-state index is 0.0205. The van der Waals surface area contributed by atoms with Crippen LogP contribution in [0.3, 0.4) is 0 Å². The van der Waals surface area contributed by atoms with Gasteiger partial charge in [0.05, 0.1) is 132 Å². The van der Waals surface area contributed by atoms with Crippen LogP contribution < -0.4 is 10.6 Å². The Morgan fingerprint density at radius 2 is 0.422 bits per heavy atom. The highest BCUT2D eigenvalue weighted by Gasteiger charge is 2.63. The van der Waals surface area contributed by atoms with Crippen LogP contribution in [0.5, 0.6) is 34.5 Å². The van der Waals surface area contributed by atoms with Crippen molar-refractivity contribution in [1.82, 2.24) is 10.6 Å². The van der Waals surface area contributed by atoms with E-state index in [1.807, 2.05) is 0 Å². The highest BCUT2D eigenvalue weighted by atomic mass is 16.5. The molecule has 0 radical (unpaired) electrons. The van der Waals surface area contributed by atoms with Gasteiger partial charge in [0.1, 0.15) is 86.5 Å². The number of rotatable bonds is 12. The van der Waals surface area contributed by atoms with Gasteiger partial charge in [-0.2, -0.15) is 0 Å². The fourth-order valence-electron chi connectivity index (χ4n) is 23.1. The van der Waals surface area contributed by atoms with Gasteiger partial charge in [-0.1, -0.05) is 36.4 Å². The number of ether oxygens (including phenoxy) is 6. The molecule has 0 aliphatic heterocycles. The number of amides is 2. The van der Waals surface area contributed by atoms with E-state index in [0.29, 0.717) is 33.4 Å². The molecule has 2 amide bonds. The van der Waals surface area contributed by atoms with Crippen molar-refractivity contribution in [2.24, 2.45) is 59.2 Å². The van der Waals surface area contributed by atoms with Crippen molar-refractivity contribution in [1.29, 1.82) is 0 Å². The van der Waals surface area contributed by atoms with Crippen molar-refractivity contribution < 1.29 is 150 Å². The number of hydrogen-bond acceptors (Lipinski definition) is 30. The number of aliphatic carboxylic acids is 1. The van der Waals surface area contributed by atoms with Gasteiger partial charge < -0.3 is 74.8 Å². The number of fused-ring (bicyclic) bond motifs is 12. The molecule has 0 heterocycles. The Kier molecular flexibility index (Phi) is 26.2. The van der Waals surface area contributed by atoms with E-state index in [4.69, 9.17) is 28.4 Å². The van der Waals surface area contributed by atoms with Crippen molar-refractivity contribution in [3.05, 3.63) is 176 Å². The highest BCUT2D eigenvalue weighted by molar-refractivity contribution is 6.05. The number of methoxy groups -OCH3 is 6. The molecular weight excluding hydrogens is 1670 g/mol. The number of carboxylic acids is 1. The minimum Gasteiger partial charge on any atom is -0.508 e. The zero-order valence-corrected chi connectivity index (χ0v) is 71.4. The van der Waals surface area contributed by atoms with Crippen LogP contribution in [0.15, 0.2) is 109 Å². The Morgan fingerprint density at radius 1 is 0.250 bits per heavy atom. The number of benzene rings is 6. The van der Waals surface area contributed by atoms with Gasteiger partial charge >= 0.3 is 41.8 Å². The third-order valence-corrected chi connectivity index (χ3v) is 27.8. The molecule has 24 rings (SSSR count). The number of carboxylic acid groups (broad SMARTS) is 1. The normalized spacial score (nSPS) is 29.6. The van der Waals surface area contributed by atoms with Crippen molar-refractivity contribution in [3.63, 3.8) is 0 Å². The molecule has 6 fully saturated rings. The summed E-state index contributed by atoms with van der Waals surface area (Å²) in [4.78, 5) is 217. The second kappa shape index (κ2) is 36.4. The molecule has 33 heteroatoms. The Bertz CT molecular complexity index is 5140. The number of carbonyl (C=O) groups is 18. The highest BCUT2D eigenvalue weighted by Crippen LogP contribution is 2.61. The Balaban J connectivity index is 0.000000131. The van der Waals surface area contributed by atoms with Crippen molar-refractivity contribution in [3.8, 4) is 34.5 Å². The quantitative estimate of drug-likeness (QED) is 0.0427. The van der Waals surface area contributed by atoms with Crippen LogP contribution in [0.1, 0.15) is 211 Å². The molecule has 24 atom stereocenters. The Labute approximate surface area is 731 Å². The smallest absolute Gasteiger partial charge is 0.311 e. The summed E-state index contributed by atoms with van der Waals surface area (Å²) in [6.07, 6.45) is 1.35. The van der Waals surface area contributed by atoms with Gasteiger partial charge in [0.2, 0.25) is 11.8 Å². The molecule has 672 valence electrons. The number of hydrogen-bond donors (Lipinski definition) is 9. The van der Waals surface area contributed by atoms with E-state index in [1.54, 1.807) is 78.9 Å². The Hall–Kier alpha value is -13.6. The number of nitrogens with one attached hydrogen (secondary N) is 2. The first kappa shape index (κ1) is 92.1. The van der Waals surface area contributed by atoms with Gasteiger partial charge in [-0.3, -0.25) is 86.3 Å². The fraction of sp³-hybridized carbons (Fsp3) is 0.432. The summed E-state index contributed by atoms with van der Waals surface area (Å²) in [5.74, 6) is -18.8. The molecule has 18 aliphatic carbocycles. The van der Waals surface area contributed by atoms with Crippen LogP contribution in [0.2, 0.25) is 0 Å². The standard InChI is InChI=1S/2C16H17NO5.3C16H16O5.C15H14O6/c2*1-7(18)17-15-13-10-5-8(19)3-4-9(10)11(6-12(13)20)14(15)16(21)22-2;3*1-7(17)13-14-10-5-8(18)3-4-9(10)11(6-12(14)19)15(13)16(20)21-2;1-21-15(20)12-9-5-10(17)11(13(12)14(18)19)8-4-6(16)2-3-7(8)9/h2*3-5,11,13-15,19H,6H2,1-2H3,(H,17,18);3*3-5,11,13-15,18H,6H2,1-2H3;2-4,9,11-13,16H,5H2,1H3,(H,18,19). The van der Waals surface area contributed by atoms with Gasteiger partial charge in [0, 0.05) is 106 Å². The molecule has 0 saturated heterocycles. The number of esters is 6. The lowest BCUT2D eigenvalue weighted by Gasteiger charge is -2.47. The number of carbonyl (C=O) groups excluding carboxylic acids is 17. The zero-order chi connectivity index (χ0) is 93.3. The molecule has 6 saturated carbocycles. The predicted molar refractivity (Wildman–Crippen MR) is 441 cm³/mol. The first-order chi connectivity index (χ1) is 60.7. The molecular formula is C95H96N2O31. The fourth-order valence-corrected chi connectivity index (χ4v) is 23.1. The van der Waals surface area contributed by atoms with E-state index in [2.05, 4.69) is 10.6 Å². The first-order valence-corrected chi connectivity index (χ1v) is 41.6. The lowest BCUT2D eigenvalue weighted by molar-refractivity contribution is -0.162. The summed E-state index contributed by atoms with van der Waals surface area (Å²) in [5.41, 5.74) is 9.04. The molecule has 12 bridgehead atoms. The number of phenolic OH excluding ortho intramolecular Hbond substituents is 6. The van der Waals surface area contributed by atoms with Crippen LogP contribution in [0.4, 0.5) is 0 Å². The first-order valence-electron chi connectivity index (χ1n) is 41.6. The average molecular weight is 1760 g/mol. The number of phenols is 6. The summed E-state index contributed by atoms with van der Waals surface area (Å²) >= 11 is 0. The molecule has 128 heavy (non-hydrogen) atoms. The number of aromatic hydroxyl groups is 6. The molecule has 6 aromatic carbocycles. The molecule has 6 aromatic rings. The van der Waals surface area contributed by atoms with Crippen LogP contribution in [0, 0.1) is 59.2 Å². The topological polar surface area (TPSA) is 528 Å². The third kappa shape index (κ3) is 16.3. The SMILES string of the molecule is COC(=O)C1C2CC(=O)C(c3cc(O)ccc32)C1C(=O)O.COC(=O)C1C2CC(=O)C(c3cc(O)ccc32)C1C(C)=O.COC(=O)C1C2CC(=O)C(c3cc(O)ccc32)C1C(C)=O.COC(=O)C1C2CC(=O)C(c3cc(O)ccc32)C1C(C)=O.COC(=O)C1C2CC(=O)C(c3cc(O)ccc32)C1NC(C)=O.COC(=O)C1C2CC(=O)C(c3cc(O)ccc32)C1NC(C)=O. The van der Waals surface area contributed by atoms with E-state index < -0.39 is 154 Å². The van der Waals surface area contributed by atoms with Crippen LogP contribution in [0.25, 0.3) is 0 Å². The maximum absolute atomic E-state index is 12.4. The van der Waals surface area contributed by atoms with Crippen molar-refractivity contribution in [2.45, 2.75) is 156 Å². The summed E-state index contributed by atoms with van der Waals surface area (Å²) < 4.78 is 29.0. The zero-order valence-electron chi connectivity index (χ0n) is 71.4. The maximum atomic E-state index is 12.4. The predicted octanol–water partition coefficient (Wildman–Crippen LogP) is 7.34. The van der Waals surface area contributed by atoms with E-state index in [-0.39, 0.29) is 166 Å². The summed E-state index contributed by atoms with van der Waals surface area (Å²) in [5, 5.41) is 72.9. The average Bonchev–Trinajstić information content (AvgIpc) is 0.738. The van der Waals surface area contributed by atoms with Gasteiger partial charge in [-0.05, 0) is 160 Å². The van der Waals surface area contributed by atoms with Crippen LogP contribution in [-0.2, 0) is 115 Å². The van der Waals surface area contributed by atoms with Gasteiger partial charge in [0.15, 0.2) is 0 Å². The van der Waals surface area contributed by atoms with Gasteiger partial charge in [0.25, 0.3) is 0 Å². The third-order valence-electron chi connectivity index (χ3n) is 27.8. The van der Waals surface area contributed by atoms with E-state index in [1.165, 1.54) is 108 Å². The molecule has 33 nitrogen and oxygen atoms in total. The lowest BCUT2D eigenvalue weighted by atomic mass is 9.55. The molecule has 18 aliphatic rings. The molecule has 24 unspecified atom stereocenters. The molecule has 9 N–H and O–H groups in total. The number of ketones is 9. The maximum Gasteiger partial charge on any atom is 0.311 e. The van der Waals surface area contributed by atoms with E-state index in [0.717, 1.165) is 33.4 Å². The van der Waals surface area contributed by atoms with Crippen LogP contribution >= 0.6 is 0 Å². The summed E-state index contributed by atoms with van der Waals surface area (Å²) in [7, 11) is 7.69. The van der Waals surface area contributed by atoms with Crippen LogP contribution in [-0.4, -0.2) is 196 Å². The van der Waals surface area contributed by atoms with Gasteiger partial charge in [-0.25, -0.2) is 0 Å². The second-order valence-electron chi connectivity index (χ2n) is 34.4. The lowest BCUT2D eigenvalue weighted by Crippen LogP contribution is -2.57. The largest absolute Gasteiger partial charge is 0.508 e.